The monoisotopic (exact) mass is 264 g/mol. The Balaban J connectivity index is 2.37. The zero-order valence-corrected chi connectivity index (χ0v) is 11.9. The van der Waals surface area contributed by atoms with Crippen LogP contribution in [0.25, 0.3) is 0 Å². The number of benzene rings is 1. The van der Waals surface area contributed by atoms with Gasteiger partial charge in [-0.2, -0.15) is 0 Å². The van der Waals surface area contributed by atoms with Gasteiger partial charge in [0.25, 0.3) is 0 Å². The van der Waals surface area contributed by atoms with Crippen LogP contribution in [0.4, 0.5) is 0 Å². The molecule has 0 saturated heterocycles. The Hall–Kier alpha value is -1.55. The van der Waals surface area contributed by atoms with Crippen LogP contribution in [0.1, 0.15) is 31.7 Å². The van der Waals surface area contributed by atoms with E-state index in [4.69, 9.17) is 4.74 Å². The van der Waals surface area contributed by atoms with E-state index in [2.05, 4.69) is 23.6 Å². The van der Waals surface area contributed by atoms with Crippen LogP contribution < -0.4 is 15.4 Å². The fourth-order valence-electron chi connectivity index (χ4n) is 1.73. The summed E-state index contributed by atoms with van der Waals surface area (Å²) in [5.74, 6) is 0.963. The highest BCUT2D eigenvalue weighted by Gasteiger charge is 2.03. The molecule has 0 bridgehead atoms. The molecule has 19 heavy (non-hydrogen) atoms. The second-order valence-electron chi connectivity index (χ2n) is 4.41. The molecule has 0 aromatic heterocycles. The smallest absolute Gasteiger partial charge is 0.219 e. The molecule has 4 heteroatoms. The van der Waals surface area contributed by atoms with Gasteiger partial charge in [-0.1, -0.05) is 25.1 Å². The van der Waals surface area contributed by atoms with Crippen LogP contribution in [0.5, 0.6) is 5.75 Å². The summed E-state index contributed by atoms with van der Waals surface area (Å²) in [5, 5.41) is 5.97. The Morgan fingerprint density at radius 1 is 1.32 bits per heavy atom. The Morgan fingerprint density at radius 3 is 2.84 bits per heavy atom. The van der Waals surface area contributed by atoms with Gasteiger partial charge in [0.2, 0.25) is 5.91 Å². The summed E-state index contributed by atoms with van der Waals surface area (Å²) in [4.78, 5) is 11.1. The standard InChI is InChI=1S/C15H24N2O2/c1-3-10-17-12-13-7-4-5-8-14(13)19-11-6-9-15(18)16-2/h4-5,7-8,17H,3,6,9-12H2,1-2H3,(H,16,18). The Kier molecular flexibility index (Phi) is 7.66. The molecule has 0 spiro atoms. The maximum absolute atomic E-state index is 11.1. The topological polar surface area (TPSA) is 50.4 Å². The predicted molar refractivity (Wildman–Crippen MR) is 77.2 cm³/mol. The van der Waals surface area contributed by atoms with E-state index >= 15 is 0 Å². The number of hydrogen-bond donors (Lipinski definition) is 2. The van der Waals surface area contributed by atoms with Crippen molar-refractivity contribution in [3.63, 3.8) is 0 Å². The molecule has 0 radical (unpaired) electrons. The highest BCUT2D eigenvalue weighted by atomic mass is 16.5. The lowest BCUT2D eigenvalue weighted by atomic mass is 10.2. The number of nitrogens with one attached hydrogen (secondary N) is 2. The lowest BCUT2D eigenvalue weighted by Crippen LogP contribution is -2.18. The van der Waals surface area contributed by atoms with E-state index in [9.17, 15) is 4.79 Å². The lowest BCUT2D eigenvalue weighted by molar-refractivity contribution is -0.120. The largest absolute Gasteiger partial charge is 0.493 e. The molecule has 1 aromatic carbocycles. The molecule has 0 aliphatic rings. The molecule has 1 amide bonds. The van der Waals surface area contributed by atoms with Gasteiger partial charge in [-0.05, 0) is 25.5 Å². The van der Waals surface area contributed by atoms with Gasteiger partial charge in [0.1, 0.15) is 5.75 Å². The summed E-state index contributed by atoms with van der Waals surface area (Å²) >= 11 is 0. The normalized spacial score (nSPS) is 10.2. The molecule has 4 nitrogen and oxygen atoms in total. The second-order valence-corrected chi connectivity index (χ2v) is 4.41. The number of para-hydroxylation sites is 1. The zero-order chi connectivity index (χ0) is 13.9. The van der Waals surface area contributed by atoms with Gasteiger partial charge in [-0.15, -0.1) is 0 Å². The maximum Gasteiger partial charge on any atom is 0.219 e. The second kappa shape index (κ2) is 9.39. The quantitative estimate of drug-likeness (QED) is 0.672. The first-order valence-electron chi connectivity index (χ1n) is 6.90. The van der Waals surface area contributed by atoms with Gasteiger partial charge in [0.05, 0.1) is 6.61 Å². The molecule has 0 unspecified atom stereocenters. The summed E-state index contributed by atoms with van der Waals surface area (Å²) < 4.78 is 5.74. The van der Waals surface area contributed by atoms with E-state index in [1.807, 2.05) is 18.2 Å². The van der Waals surface area contributed by atoms with Crippen molar-refractivity contribution in [2.24, 2.45) is 0 Å². The van der Waals surface area contributed by atoms with Crippen molar-refractivity contribution < 1.29 is 9.53 Å². The SMILES string of the molecule is CCCNCc1ccccc1OCCCC(=O)NC. The third-order valence-corrected chi connectivity index (χ3v) is 2.80. The Morgan fingerprint density at radius 2 is 2.11 bits per heavy atom. The van der Waals surface area contributed by atoms with Crippen molar-refractivity contribution in [1.82, 2.24) is 10.6 Å². The van der Waals surface area contributed by atoms with Crippen LogP contribution in [-0.2, 0) is 11.3 Å². The molecule has 1 aromatic rings. The van der Waals surface area contributed by atoms with E-state index < -0.39 is 0 Å². The van der Waals surface area contributed by atoms with Crippen molar-refractivity contribution in [2.75, 3.05) is 20.2 Å². The minimum Gasteiger partial charge on any atom is -0.493 e. The minimum atomic E-state index is 0.0569. The van der Waals surface area contributed by atoms with Gasteiger partial charge in [0, 0.05) is 25.6 Å². The van der Waals surface area contributed by atoms with E-state index in [0.29, 0.717) is 13.0 Å². The molecular formula is C15H24N2O2. The highest BCUT2D eigenvalue weighted by molar-refractivity contribution is 5.75. The Labute approximate surface area is 115 Å². The van der Waals surface area contributed by atoms with Crippen molar-refractivity contribution in [2.45, 2.75) is 32.7 Å². The average molecular weight is 264 g/mol. The molecule has 0 saturated carbocycles. The number of ether oxygens (including phenoxy) is 1. The van der Waals surface area contributed by atoms with Crippen LogP contribution in [0.3, 0.4) is 0 Å². The summed E-state index contributed by atoms with van der Waals surface area (Å²) in [7, 11) is 1.65. The van der Waals surface area contributed by atoms with Crippen molar-refractivity contribution in [3.05, 3.63) is 29.8 Å². The zero-order valence-electron chi connectivity index (χ0n) is 11.9. The molecule has 0 atom stereocenters. The number of rotatable bonds is 9. The van der Waals surface area contributed by atoms with E-state index in [-0.39, 0.29) is 5.91 Å². The number of carbonyl (C=O) groups excluding carboxylic acids is 1. The summed E-state index contributed by atoms with van der Waals surface area (Å²) in [6, 6.07) is 8.03. The minimum absolute atomic E-state index is 0.0569. The van der Waals surface area contributed by atoms with Crippen molar-refractivity contribution in [3.8, 4) is 5.75 Å². The van der Waals surface area contributed by atoms with E-state index in [0.717, 1.165) is 37.2 Å². The van der Waals surface area contributed by atoms with E-state index in [1.54, 1.807) is 7.05 Å². The third-order valence-electron chi connectivity index (χ3n) is 2.80. The first-order chi connectivity index (χ1) is 9.27. The fraction of sp³-hybridized carbons (Fsp3) is 0.533. The fourth-order valence-corrected chi connectivity index (χ4v) is 1.73. The average Bonchev–Trinajstić information content (AvgIpc) is 2.45. The number of amides is 1. The van der Waals surface area contributed by atoms with Gasteiger partial charge in [-0.25, -0.2) is 0 Å². The first kappa shape index (κ1) is 15.5. The molecule has 2 N–H and O–H groups in total. The third kappa shape index (κ3) is 6.25. The summed E-state index contributed by atoms with van der Waals surface area (Å²) in [6.45, 7) is 4.54. The number of hydrogen-bond acceptors (Lipinski definition) is 3. The highest BCUT2D eigenvalue weighted by Crippen LogP contribution is 2.18. The van der Waals surface area contributed by atoms with Crippen molar-refractivity contribution >= 4 is 5.91 Å². The lowest BCUT2D eigenvalue weighted by Gasteiger charge is -2.11. The molecule has 1 rings (SSSR count). The van der Waals surface area contributed by atoms with Gasteiger partial charge >= 0.3 is 0 Å². The summed E-state index contributed by atoms with van der Waals surface area (Å²) in [6.07, 6.45) is 2.36. The van der Waals surface area contributed by atoms with Crippen LogP contribution >= 0.6 is 0 Å². The van der Waals surface area contributed by atoms with Crippen LogP contribution in [0.15, 0.2) is 24.3 Å². The molecule has 0 aliphatic heterocycles. The van der Waals surface area contributed by atoms with Gasteiger partial charge in [-0.3, -0.25) is 4.79 Å². The summed E-state index contributed by atoms with van der Waals surface area (Å²) in [5.41, 5.74) is 1.16. The first-order valence-corrected chi connectivity index (χ1v) is 6.90. The predicted octanol–water partition coefficient (Wildman–Crippen LogP) is 2.09. The van der Waals surface area contributed by atoms with Crippen LogP contribution in [0, 0.1) is 0 Å². The van der Waals surface area contributed by atoms with Gasteiger partial charge < -0.3 is 15.4 Å². The molecule has 0 heterocycles. The number of carbonyl (C=O) groups is 1. The molecular weight excluding hydrogens is 240 g/mol. The molecule has 0 aliphatic carbocycles. The van der Waals surface area contributed by atoms with Crippen LogP contribution in [0.2, 0.25) is 0 Å². The molecule has 0 fully saturated rings. The maximum atomic E-state index is 11.1. The van der Waals surface area contributed by atoms with E-state index in [1.165, 1.54) is 0 Å². The van der Waals surface area contributed by atoms with Crippen molar-refractivity contribution in [1.29, 1.82) is 0 Å². The molecule has 106 valence electrons. The Bertz CT molecular complexity index is 380. The van der Waals surface area contributed by atoms with Gasteiger partial charge in [0.15, 0.2) is 0 Å². The van der Waals surface area contributed by atoms with Crippen LogP contribution in [-0.4, -0.2) is 26.1 Å².